The van der Waals surface area contributed by atoms with Crippen LogP contribution in [-0.2, 0) is 6.54 Å². The Labute approximate surface area is 73.0 Å². The molecular weight excluding hydrogens is 150 g/mol. The van der Waals surface area contributed by atoms with Gasteiger partial charge in [-0.2, -0.15) is 0 Å². The van der Waals surface area contributed by atoms with E-state index in [0.29, 0.717) is 6.54 Å². The molecule has 0 atom stereocenters. The largest absolute Gasteiger partial charge is 0.386 e. The summed E-state index contributed by atoms with van der Waals surface area (Å²) in [6, 6.07) is 0. The third kappa shape index (κ3) is 1.41. The van der Waals surface area contributed by atoms with Gasteiger partial charge in [-0.1, -0.05) is 0 Å². The molecule has 3 N–H and O–H groups in total. The Morgan fingerprint density at radius 2 is 2.17 bits per heavy atom. The molecule has 66 valence electrons. The highest BCUT2D eigenvalue weighted by atomic mass is 14.9. The van der Waals surface area contributed by atoms with Crippen molar-refractivity contribution in [1.82, 2.24) is 4.98 Å². The molecule has 1 rings (SSSR count). The van der Waals surface area contributed by atoms with E-state index in [4.69, 9.17) is 5.73 Å². The molecule has 0 saturated heterocycles. The molecule has 3 nitrogen and oxygen atoms in total. The lowest BCUT2D eigenvalue weighted by Crippen LogP contribution is -2.07. The van der Waals surface area contributed by atoms with E-state index >= 15 is 0 Å². The number of rotatable bonds is 2. The van der Waals surface area contributed by atoms with Crippen LogP contribution < -0.4 is 11.1 Å². The second kappa shape index (κ2) is 3.54. The fourth-order valence-corrected chi connectivity index (χ4v) is 1.35. The lowest BCUT2D eigenvalue weighted by atomic mass is 10.1. The minimum Gasteiger partial charge on any atom is -0.386 e. The van der Waals surface area contributed by atoms with Crippen molar-refractivity contribution in [1.29, 1.82) is 0 Å². The number of nitrogens with two attached hydrogens (primary N) is 1. The molecule has 0 spiro atoms. The summed E-state index contributed by atoms with van der Waals surface area (Å²) in [7, 11) is 1.89. The average Bonchev–Trinajstić information content (AvgIpc) is 2.08. The van der Waals surface area contributed by atoms with Crippen LogP contribution in [0.4, 0.5) is 5.69 Å². The lowest BCUT2D eigenvalue weighted by molar-refractivity contribution is 1.02. The Morgan fingerprint density at radius 1 is 1.50 bits per heavy atom. The molecule has 3 heteroatoms. The van der Waals surface area contributed by atoms with Crippen LogP contribution in [0, 0.1) is 13.8 Å². The molecule has 12 heavy (non-hydrogen) atoms. The lowest BCUT2D eigenvalue weighted by Gasteiger charge is -2.12. The van der Waals surface area contributed by atoms with Crippen molar-refractivity contribution in [2.45, 2.75) is 20.4 Å². The zero-order valence-corrected chi connectivity index (χ0v) is 7.81. The topological polar surface area (TPSA) is 50.9 Å². The molecule has 0 aliphatic carbocycles. The van der Waals surface area contributed by atoms with Crippen molar-refractivity contribution in [3.05, 3.63) is 23.0 Å². The zero-order valence-electron chi connectivity index (χ0n) is 7.81. The van der Waals surface area contributed by atoms with Gasteiger partial charge in [-0.3, -0.25) is 4.98 Å². The van der Waals surface area contributed by atoms with Crippen molar-refractivity contribution >= 4 is 5.69 Å². The van der Waals surface area contributed by atoms with E-state index in [1.807, 2.05) is 27.1 Å². The number of nitrogens with one attached hydrogen (secondary N) is 1. The number of anilines is 1. The van der Waals surface area contributed by atoms with Gasteiger partial charge < -0.3 is 11.1 Å². The van der Waals surface area contributed by atoms with E-state index in [1.54, 1.807) is 0 Å². The Bertz CT molecular complexity index is 252. The van der Waals surface area contributed by atoms with Gasteiger partial charge in [-0.05, 0) is 25.0 Å². The van der Waals surface area contributed by atoms with Crippen molar-refractivity contribution in [2.75, 3.05) is 12.4 Å². The van der Waals surface area contributed by atoms with Crippen molar-refractivity contribution in [3.63, 3.8) is 0 Å². The Hall–Kier alpha value is -1.09. The van der Waals surface area contributed by atoms with Gasteiger partial charge in [-0.15, -0.1) is 0 Å². The van der Waals surface area contributed by atoms with Gasteiger partial charge in [-0.25, -0.2) is 0 Å². The summed E-state index contributed by atoms with van der Waals surface area (Å²) >= 11 is 0. The highest BCUT2D eigenvalue weighted by Crippen LogP contribution is 2.20. The molecular formula is C9H15N3. The van der Waals surface area contributed by atoms with Gasteiger partial charge in [0.25, 0.3) is 0 Å². The first kappa shape index (κ1) is 9.00. The number of pyridine rings is 1. The molecule has 0 unspecified atom stereocenters. The van der Waals surface area contributed by atoms with Crippen LogP contribution >= 0.6 is 0 Å². The number of aromatic nitrogens is 1. The zero-order chi connectivity index (χ0) is 9.14. The first-order chi connectivity index (χ1) is 5.70. The van der Waals surface area contributed by atoms with Gasteiger partial charge in [0, 0.05) is 19.8 Å². The fraction of sp³-hybridized carbons (Fsp3) is 0.444. The summed E-state index contributed by atoms with van der Waals surface area (Å²) in [5, 5.41) is 3.11. The summed E-state index contributed by atoms with van der Waals surface area (Å²) in [5.74, 6) is 0. The first-order valence-electron chi connectivity index (χ1n) is 4.03. The third-order valence-electron chi connectivity index (χ3n) is 2.05. The average molecular weight is 165 g/mol. The molecule has 0 saturated carbocycles. The van der Waals surface area contributed by atoms with E-state index in [-0.39, 0.29) is 0 Å². The van der Waals surface area contributed by atoms with Gasteiger partial charge in [0.15, 0.2) is 0 Å². The normalized spacial score (nSPS) is 10.0. The molecule has 1 aromatic rings. The minimum atomic E-state index is 0.561. The van der Waals surface area contributed by atoms with Crippen LogP contribution in [-0.4, -0.2) is 12.0 Å². The van der Waals surface area contributed by atoms with Crippen LogP contribution in [0.25, 0.3) is 0 Å². The van der Waals surface area contributed by atoms with Gasteiger partial charge in [0.1, 0.15) is 0 Å². The van der Waals surface area contributed by atoms with Gasteiger partial charge in [0.2, 0.25) is 0 Å². The predicted molar refractivity (Wildman–Crippen MR) is 51.1 cm³/mol. The maximum absolute atomic E-state index is 5.63. The SMILES string of the molecule is CNc1c(C)ncc(C)c1CN. The van der Waals surface area contributed by atoms with Crippen LogP contribution in [0.1, 0.15) is 16.8 Å². The molecule has 0 radical (unpaired) electrons. The number of hydrogen-bond donors (Lipinski definition) is 2. The molecule has 0 aliphatic rings. The van der Waals surface area contributed by atoms with E-state index < -0.39 is 0 Å². The highest BCUT2D eigenvalue weighted by molar-refractivity contribution is 5.56. The molecule has 0 bridgehead atoms. The van der Waals surface area contributed by atoms with Crippen molar-refractivity contribution in [3.8, 4) is 0 Å². The highest BCUT2D eigenvalue weighted by Gasteiger charge is 2.05. The van der Waals surface area contributed by atoms with Crippen LogP contribution in [0.15, 0.2) is 6.20 Å². The Morgan fingerprint density at radius 3 is 2.58 bits per heavy atom. The summed E-state index contributed by atoms with van der Waals surface area (Å²) in [5.41, 5.74) is 10.0. The van der Waals surface area contributed by atoms with Gasteiger partial charge >= 0.3 is 0 Å². The fourth-order valence-electron chi connectivity index (χ4n) is 1.35. The van der Waals surface area contributed by atoms with Crippen molar-refractivity contribution < 1.29 is 0 Å². The van der Waals surface area contributed by atoms with Crippen molar-refractivity contribution in [2.24, 2.45) is 5.73 Å². The van der Waals surface area contributed by atoms with E-state index in [0.717, 1.165) is 22.5 Å². The smallest absolute Gasteiger partial charge is 0.0607 e. The monoisotopic (exact) mass is 165 g/mol. The summed E-state index contributed by atoms with van der Waals surface area (Å²) in [6.07, 6.45) is 1.86. The molecule has 0 aromatic carbocycles. The maximum Gasteiger partial charge on any atom is 0.0607 e. The van der Waals surface area contributed by atoms with E-state index in [1.165, 1.54) is 0 Å². The van der Waals surface area contributed by atoms with Crippen LogP contribution in [0.5, 0.6) is 0 Å². The summed E-state index contributed by atoms with van der Waals surface area (Å²) in [4.78, 5) is 4.24. The van der Waals surface area contributed by atoms with E-state index in [2.05, 4.69) is 10.3 Å². The molecule has 1 aromatic heterocycles. The number of aryl methyl sites for hydroxylation is 2. The molecule has 0 fully saturated rings. The molecule has 0 aliphatic heterocycles. The van der Waals surface area contributed by atoms with Crippen LogP contribution in [0.3, 0.4) is 0 Å². The second-order valence-electron chi connectivity index (χ2n) is 2.83. The Kier molecular flexibility index (Phi) is 2.65. The molecule has 1 heterocycles. The predicted octanol–water partition coefficient (Wildman–Crippen LogP) is 1.20. The van der Waals surface area contributed by atoms with E-state index in [9.17, 15) is 0 Å². The Balaban J connectivity index is 3.28. The second-order valence-corrected chi connectivity index (χ2v) is 2.83. The summed E-state index contributed by atoms with van der Waals surface area (Å²) in [6.45, 7) is 4.56. The minimum absolute atomic E-state index is 0.561. The van der Waals surface area contributed by atoms with Gasteiger partial charge in [0.05, 0.1) is 11.4 Å². The quantitative estimate of drug-likeness (QED) is 0.692. The molecule has 0 amide bonds. The number of nitrogens with zero attached hydrogens (tertiary/aromatic N) is 1. The third-order valence-corrected chi connectivity index (χ3v) is 2.05. The standard InChI is InChI=1S/C9H15N3/c1-6-5-12-7(2)9(11-3)8(6)4-10/h5,11H,4,10H2,1-3H3. The first-order valence-corrected chi connectivity index (χ1v) is 4.03. The summed E-state index contributed by atoms with van der Waals surface area (Å²) < 4.78 is 0. The number of hydrogen-bond acceptors (Lipinski definition) is 3. The van der Waals surface area contributed by atoms with Crippen LogP contribution in [0.2, 0.25) is 0 Å². The maximum atomic E-state index is 5.63.